The molecule has 0 saturated heterocycles. The molecule has 0 unspecified atom stereocenters. The van der Waals surface area contributed by atoms with E-state index in [1.54, 1.807) is 25.3 Å². The molecule has 0 atom stereocenters. The monoisotopic (exact) mass is 437 g/mol. The van der Waals surface area contributed by atoms with Crippen molar-refractivity contribution < 1.29 is 13.2 Å². The van der Waals surface area contributed by atoms with E-state index in [1.165, 1.54) is 23.6 Å². The van der Waals surface area contributed by atoms with Crippen molar-refractivity contribution in [2.45, 2.75) is 18.2 Å². The van der Waals surface area contributed by atoms with E-state index in [2.05, 4.69) is 15.3 Å². The predicted molar refractivity (Wildman–Crippen MR) is 119 cm³/mol. The third-order valence-electron chi connectivity index (χ3n) is 5.44. The third kappa shape index (κ3) is 3.89. The number of sulfonamides is 1. The van der Waals surface area contributed by atoms with E-state index >= 15 is 0 Å². The van der Waals surface area contributed by atoms with Crippen LogP contribution in [0.2, 0.25) is 0 Å². The number of nitrogens with one attached hydrogen (secondary N) is 1. The second-order valence-electron chi connectivity index (χ2n) is 7.33. The Morgan fingerprint density at radius 2 is 1.87 bits per heavy atom. The number of anilines is 1. The summed E-state index contributed by atoms with van der Waals surface area (Å²) in [5.74, 6) is 0.299. The maximum Gasteiger partial charge on any atom is 0.251 e. The molecule has 2 aromatic heterocycles. The number of nitrogens with zero attached hydrogens (tertiary/aromatic N) is 3. The first-order valence-electron chi connectivity index (χ1n) is 9.91. The molecule has 1 aromatic carbocycles. The second kappa shape index (κ2) is 8.09. The summed E-state index contributed by atoms with van der Waals surface area (Å²) in [5.41, 5.74) is 10.7. The van der Waals surface area contributed by atoms with Crippen LogP contribution in [0.5, 0.6) is 0 Å². The van der Waals surface area contributed by atoms with E-state index in [0.29, 0.717) is 35.7 Å². The molecule has 8 nitrogen and oxygen atoms in total. The number of pyridine rings is 2. The van der Waals surface area contributed by atoms with Crippen molar-refractivity contribution >= 4 is 21.7 Å². The van der Waals surface area contributed by atoms with Gasteiger partial charge in [-0.05, 0) is 41.8 Å². The molecule has 0 spiro atoms. The fourth-order valence-electron chi connectivity index (χ4n) is 3.50. The Morgan fingerprint density at radius 1 is 1.06 bits per heavy atom. The lowest BCUT2D eigenvalue weighted by Gasteiger charge is -2.18. The summed E-state index contributed by atoms with van der Waals surface area (Å²) in [6.07, 6.45) is 3.72. The summed E-state index contributed by atoms with van der Waals surface area (Å²) in [6, 6.07) is 10.7. The molecule has 1 amide bonds. The quantitative estimate of drug-likeness (QED) is 0.632. The predicted octanol–water partition coefficient (Wildman–Crippen LogP) is 2.32. The summed E-state index contributed by atoms with van der Waals surface area (Å²) in [7, 11) is -2.03. The Kier molecular flexibility index (Phi) is 5.47. The highest BCUT2D eigenvalue weighted by Gasteiger charge is 2.20. The van der Waals surface area contributed by atoms with E-state index in [9.17, 15) is 13.2 Å². The second-order valence-corrected chi connectivity index (χ2v) is 9.38. The molecule has 0 radical (unpaired) electrons. The van der Waals surface area contributed by atoms with Crippen LogP contribution in [0.4, 0.5) is 5.82 Å². The van der Waals surface area contributed by atoms with E-state index in [1.807, 2.05) is 18.2 Å². The highest BCUT2D eigenvalue weighted by molar-refractivity contribution is 7.89. The van der Waals surface area contributed by atoms with Gasteiger partial charge in [0.25, 0.3) is 5.91 Å². The maximum atomic E-state index is 12.5. The van der Waals surface area contributed by atoms with Crippen LogP contribution < -0.4 is 11.1 Å². The highest BCUT2D eigenvalue weighted by Crippen LogP contribution is 2.31. The number of benzene rings is 1. The van der Waals surface area contributed by atoms with Crippen molar-refractivity contribution in [1.82, 2.24) is 19.6 Å². The van der Waals surface area contributed by atoms with E-state index < -0.39 is 10.0 Å². The van der Waals surface area contributed by atoms with Gasteiger partial charge in [-0.1, -0.05) is 19.1 Å². The Labute approximate surface area is 181 Å². The molecule has 0 aliphatic carbocycles. The zero-order valence-corrected chi connectivity index (χ0v) is 18.1. The van der Waals surface area contributed by atoms with Crippen LogP contribution >= 0.6 is 0 Å². The number of hydrogen-bond donors (Lipinski definition) is 2. The number of nitrogens with two attached hydrogens (primary N) is 1. The van der Waals surface area contributed by atoms with Gasteiger partial charge in [0.2, 0.25) is 10.0 Å². The zero-order chi connectivity index (χ0) is 22.2. The van der Waals surface area contributed by atoms with Gasteiger partial charge in [-0.2, -0.15) is 0 Å². The molecular formula is C22H23N5O3S. The van der Waals surface area contributed by atoms with Gasteiger partial charge in [0, 0.05) is 49.2 Å². The van der Waals surface area contributed by atoms with Crippen LogP contribution in [0.1, 0.15) is 22.8 Å². The minimum absolute atomic E-state index is 0.0689. The van der Waals surface area contributed by atoms with Crippen molar-refractivity contribution in [3.05, 3.63) is 59.9 Å². The smallest absolute Gasteiger partial charge is 0.251 e. The lowest BCUT2D eigenvalue weighted by atomic mass is 9.94. The summed E-state index contributed by atoms with van der Waals surface area (Å²) in [5, 5.41) is 2.84. The number of carbonyl (C=O) groups is 1. The van der Waals surface area contributed by atoms with Crippen molar-refractivity contribution in [3.8, 4) is 22.4 Å². The topological polar surface area (TPSA) is 118 Å². The first kappa shape index (κ1) is 21.0. The first-order chi connectivity index (χ1) is 14.8. The van der Waals surface area contributed by atoms with Gasteiger partial charge in [-0.25, -0.2) is 17.7 Å². The zero-order valence-electron chi connectivity index (χ0n) is 17.3. The van der Waals surface area contributed by atoms with Crippen LogP contribution in [0, 0.1) is 0 Å². The molecule has 3 aromatic rings. The average Bonchev–Trinajstić information content (AvgIpc) is 2.79. The van der Waals surface area contributed by atoms with Gasteiger partial charge < -0.3 is 11.1 Å². The summed E-state index contributed by atoms with van der Waals surface area (Å²) in [4.78, 5) is 20.8. The van der Waals surface area contributed by atoms with Gasteiger partial charge in [0.15, 0.2) is 0 Å². The lowest BCUT2D eigenvalue weighted by molar-refractivity contribution is 0.0946. The van der Waals surface area contributed by atoms with Gasteiger partial charge in [-0.3, -0.25) is 9.78 Å². The first-order valence-corrected chi connectivity index (χ1v) is 11.3. The fourth-order valence-corrected chi connectivity index (χ4v) is 4.62. The lowest BCUT2D eigenvalue weighted by Crippen LogP contribution is -2.31. The van der Waals surface area contributed by atoms with E-state index in [4.69, 9.17) is 5.73 Å². The van der Waals surface area contributed by atoms with Crippen molar-refractivity contribution in [2.24, 2.45) is 0 Å². The van der Waals surface area contributed by atoms with E-state index in [-0.39, 0.29) is 10.8 Å². The normalized spacial score (nSPS) is 13.7. The fraction of sp³-hybridized carbons (Fsp3) is 0.227. The molecule has 9 heteroatoms. The molecule has 3 heterocycles. The number of aromatic nitrogens is 2. The molecule has 31 heavy (non-hydrogen) atoms. The Balaban J connectivity index is 1.70. The highest BCUT2D eigenvalue weighted by atomic mass is 32.2. The minimum Gasteiger partial charge on any atom is -0.383 e. The molecular weight excluding hydrogens is 414 g/mol. The van der Waals surface area contributed by atoms with Crippen molar-refractivity contribution in [2.75, 3.05) is 25.9 Å². The number of carbonyl (C=O) groups excluding carboxylic acids is 1. The van der Waals surface area contributed by atoms with Gasteiger partial charge in [-0.15, -0.1) is 0 Å². The minimum atomic E-state index is -3.56. The van der Waals surface area contributed by atoms with Crippen LogP contribution in [0.15, 0.2) is 53.7 Å². The molecule has 0 saturated carbocycles. The average molecular weight is 438 g/mol. The number of hydrogen-bond acceptors (Lipinski definition) is 6. The van der Waals surface area contributed by atoms with Crippen LogP contribution in [-0.2, 0) is 16.4 Å². The Hall–Kier alpha value is -3.30. The summed E-state index contributed by atoms with van der Waals surface area (Å²) in [6.45, 7) is 2.75. The number of fused-ring (bicyclic) bond motifs is 1. The Morgan fingerprint density at radius 3 is 2.58 bits per heavy atom. The van der Waals surface area contributed by atoms with Crippen molar-refractivity contribution in [1.29, 1.82) is 0 Å². The van der Waals surface area contributed by atoms with Crippen LogP contribution in [-0.4, -0.2) is 48.7 Å². The molecule has 0 fully saturated rings. The number of nitrogen functional groups attached to an aromatic ring is 1. The standard InChI is InChI=1S/C22H23N5O3S/c1-3-27(2)31(29,30)17-5-7-20(25-13-17)16-11-19(21(23)26-12-16)14-4-6-18-15(10-14)8-9-24-22(18)28/h4-7,10-13H,3,8-9H2,1-2H3,(H2,23,26)(H,24,28). The molecule has 1 aliphatic heterocycles. The van der Waals surface area contributed by atoms with Crippen molar-refractivity contribution in [3.63, 3.8) is 0 Å². The van der Waals surface area contributed by atoms with Gasteiger partial charge >= 0.3 is 0 Å². The maximum absolute atomic E-state index is 12.5. The van der Waals surface area contributed by atoms with E-state index in [0.717, 1.165) is 23.1 Å². The summed E-state index contributed by atoms with van der Waals surface area (Å²) < 4.78 is 26.2. The third-order valence-corrected chi connectivity index (χ3v) is 7.36. The molecule has 160 valence electrons. The summed E-state index contributed by atoms with van der Waals surface area (Å²) >= 11 is 0. The number of amides is 1. The SMILES string of the molecule is CCN(C)S(=O)(=O)c1ccc(-c2cnc(N)c(-c3ccc4c(c3)CCNC4=O)c2)nc1. The number of rotatable bonds is 5. The molecule has 1 aliphatic rings. The van der Waals surface area contributed by atoms with Gasteiger partial charge in [0.05, 0.1) is 5.69 Å². The van der Waals surface area contributed by atoms with Gasteiger partial charge in [0.1, 0.15) is 10.7 Å². The van der Waals surface area contributed by atoms with Crippen LogP contribution in [0.3, 0.4) is 0 Å². The van der Waals surface area contributed by atoms with Crippen LogP contribution in [0.25, 0.3) is 22.4 Å². The largest absolute Gasteiger partial charge is 0.383 e. The Bertz CT molecular complexity index is 1260. The molecule has 0 bridgehead atoms. The molecule has 4 rings (SSSR count). The molecule has 3 N–H and O–H groups in total.